The number of rotatable bonds is 9. The van der Waals surface area contributed by atoms with Crippen LogP contribution in [0, 0.1) is 0 Å². The highest BCUT2D eigenvalue weighted by atomic mass is 28.4. The second kappa shape index (κ2) is 13.7. The van der Waals surface area contributed by atoms with Gasteiger partial charge in [0.1, 0.15) is 0 Å². The summed E-state index contributed by atoms with van der Waals surface area (Å²) in [4.78, 5) is 2.55. The van der Waals surface area contributed by atoms with E-state index < -0.39 is 20.0 Å². The quantitative estimate of drug-likeness (QED) is 0.105. The fraction of sp³-hybridized carbons (Fsp3) is 0.238. The first kappa shape index (κ1) is 31.9. The molecule has 1 atom stereocenters. The van der Waals surface area contributed by atoms with Crippen molar-refractivity contribution in [3.05, 3.63) is 180 Å². The molecule has 1 unspecified atom stereocenters. The standard InChI is InChI=1S/C42H45NO2Si/c1-41(2,3)46(38-25-15-7-16-26-38,39-27-17-8-18-28-39)45-32-30-34-33-43(31-29-40(34)44)42(35-19-9-4-10-20-35,36-21-11-5-12-22-36)37-23-13-6-14-24-37/h4-28,30,40,44H,29,31-33H2,1-3H3/b34-30-. The number of hydrogen-bond acceptors (Lipinski definition) is 3. The summed E-state index contributed by atoms with van der Waals surface area (Å²) in [6.45, 7) is 8.73. The van der Waals surface area contributed by atoms with Gasteiger partial charge in [-0.25, -0.2) is 0 Å². The van der Waals surface area contributed by atoms with Gasteiger partial charge in [-0.2, -0.15) is 0 Å². The first-order valence-corrected chi connectivity index (χ1v) is 18.3. The van der Waals surface area contributed by atoms with Crippen LogP contribution in [0.4, 0.5) is 0 Å². The summed E-state index contributed by atoms with van der Waals surface area (Å²) < 4.78 is 7.23. The van der Waals surface area contributed by atoms with Gasteiger partial charge >= 0.3 is 0 Å². The van der Waals surface area contributed by atoms with Crippen molar-refractivity contribution in [2.24, 2.45) is 0 Å². The number of aliphatic hydroxyl groups is 1. The third-order valence-corrected chi connectivity index (χ3v) is 14.6. The number of aliphatic hydroxyl groups excluding tert-OH is 1. The molecule has 0 bridgehead atoms. The average Bonchev–Trinajstić information content (AvgIpc) is 3.10. The molecular weight excluding hydrogens is 579 g/mol. The molecule has 5 aromatic rings. The summed E-state index contributed by atoms with van der Waals surface area (Å²) in [5.41, 5.74) is 4.13. The highest BCUT2D eigenvalue weighted by Gasteiger charge is 2.50. The molecule has 1 aliphatic rings. The van der Waals surface area contributed by atoms with Crippen molar-refractivity contribution in [3.63, 3.8) is 0 Å². The van der Waals surface area contributed by atoms with Crippen molar-refractivity contribution in [2.45, 2.75) is 43.9 Å². The third-order valence-electron chi connectivity index (χ3n) is 9.59. The Hall–Kier alpha value is -4.06. The Morgan fingerprint density at radius 2 is 1.04 bits per heavy atom. The Labute approximate surface area is 276 Å². The van der Waals surface area contributed by atoms with Crippen LogP contribution in [0.5, 0.6) is 0 Å². The minimum absolute atomic E-state index is 0.117. The molecule has 46 heavy (non-hydrogen) atoms. The smallest absolute Gasteiger partial charge is 0.261 e. The fourth-order valence-corrected chi connectivity index (χ4v) is 12.0. The van der Waals surface area contributed by atoms with Crippen molar-refractivity contribution in [3.8, 4) is 0 Å². The zero-order valence-corrected chi connectivity index (χ0v) is 28.2. The maximum Gasteiger partial charge on any atom is 0.261 e. The fourth-order valence-electron chi connectivity index (χ4n) is 7.48. The molecule has 4 heteroatoms. The van der Waals surface area contributed by atoms with E-state index in [0.717, 1.165) is 12.1 Å². The van der Waals surface area contributed by atoms with Crippen LogP contribution in [-0.4, -0.2) is 44.1 Å². The van der Waals surface area contributed by atoms with E-state index in [4.69, 9.17) is 4.43 Å². The summed E-state index contributed by atoms with van der Waals surface area (Å²) in [5.74, 6) is 0. The van der Waals surface area contributed by atoms with Crippen LogP contribution in [0.3, 0.4) is 0 Å². The van der Waals surface area contributed by atoms with E-state index in [9.17, 15) is 5.11 Å². The Morgan fingerprint density at radius 3 is 1.43 bits per heavy atom. The van der Waals surface area contributed by atoms with Crippen molar-refractivity contribution in [2.75, 3.05) is 19.7 Å². The van der Waals surface area contributed by atoms with Crippen LogP contribution in [-0.2, 0) is 9.96 Å². The Balaban J connectivity index is 1.41. The molecule has 0 amide bonds. The van der Waals surface area contributed by atoms with Crippen LogP contribution < -0.4 is 10.4 Å². The van der Waals surface area contributed by atoms with E-state index >= 15 is 0 Å². The van der Waals surface area contributed by atoms with Gasteiger partial charge in [0.05, 0.1) is 18.2 Å². The predicted octanol–water partition coefficient (Wildman–Crippen LogP) is 7.55. The molecule has 5 aromatic carbocycles. The summed E-state index contributed by atoms with van der Waals surface area (Å²) >= 11 is 0. The van der Waals surface area contributed by atoms with Crippen LogP contribution in [0.2, 0.25) is 5.04 Å². The third kappa shape index (κ3) is 5.94. The molecule has 1 fully saturated rings. The van der Waals surface area contributed by atoms with Gasteiger partial charge in [0.25, 0.3) is 8.32 Å². The minimum Gasteiger partial charge on any atom is -0.404 e. The van der Waals surface area contributed by atoms with E-state index in [1.165, 1.54) is 27.1 Å². The van der Waals surface area contributed by atoms with Gasteiger partial charge in [0, 0.05) is 13.1 Å². The van der Waals surface area contributed by atoms with Gasteiger partial charge < -0.3 is 9.53 Å². The number of nitrogens with zero attached hydrogens (tertiary/aromatic N) is 1. The Bertz CT molecular complexity index is 1570. The number of hydrogen-bond donors (Lipinski definition) is 1. The maximum atomic E-state index is 11.4. The topological polar surface area (TPSA) is 32.7 Å². The van der Waals surface area contributed by atoms with Crippen molar-refractivity contribution in [1.82, 2.24) is 4.90 Å². The van der Waals surface area contributed by atoms with Gasteiger partial charge in [-0.05, 0) is 44.1 Å². The van der Waals surface area contributed by atoms with E-state index in [1.54, 1.807) is 0 Å². The zero-order valence-electron chi connectivity index (χ0n) is 27.2. The Kier molecular flexibility index (Phi) is 9.53. The molecule has 0 radical (unpaired) electrons. The van der Waals surface area contributed by atoms with Crippen molar-refractivity contribution < 1.29 is 9.53 Å². The van der Waals surface area contributed by atoms with Crippen LogP contribution in [0.25, 0.3) is 0 Å². The molecular formula is C42H45NO2Si. The van der Waals surface area contributed by atoms with E-state index in [1.807, 2.05) is 0 Å². The highest BCUT2D eigenvalue weighted by Crippen LogP contribution is 2.44. The lowest BCUT2D eigenvalue weighted by atomic mass is 9.74. The van der Waals surface area contributed by atoms with Crippen LogP contribution >= 0.6 is 0 Å². The SMILES string of the molecule is CC(C)(C)[Si](OC/C=C1/CN(C(c2ccccc2)(c2ccccc2)c2ccccc2)CCC1O)(c1ccccc1)c1ccccc1. The normalized spacial score (nSPS) is 17.2. The molecule has 234 valence electrons. The zero-order chi connectivity index (χ0) is 32.0. The first-order chi connectivity index (χ1) is 22.4. The monoisotopic (exact) mass is 623 g/mol. The molecule has 6 rings (SSSR count). The molecule has 0 saturated carbocycles. The molecule has 0 aromatic heterocycles. The van der Waals surface area contributed by atoms with E-state index in [-0.39, 0.29) is 5.04 Å². The lowest BCUT2D eigenvalue weighted by molar-refractivity contribution is 0.0852. The molecule has 1 heterocycles. The van der Waals surface area contributed by atoms with Gasteiger partial charge in [0.2, 0.25) is 0 Å². The number of benzene rings is 5. The molecule has 1 N–H and O–H groups in total. The maximum absolute atomic E-state index is 11.4. The van der Waals surface area contributed by atoms with Crippen molar-refractivity contribution in [1.29, 1.82) is 0 Å². The average molecular weight is 624 g/mol. The molecule has 1 saturated heterocycles. The largest absolute Gasteiger partial charge is 0.404 e. The molecule has 0 spiro atoms. The lowest BCUT2D eigenvalue weighted by Gasteiger charge is -2.48. The van der Waals surface area contributed by atoms with Gasteiger partial charge in [0.15, 0.2) is 0 Å². The number of likely N-dealkylation sites (tertiary alicyclic amines) is 1. The summed E-state index contributed by atoms with van der Waals surface area (Å²) in [6.07, 6.45) is 2.31. The molecule has 1 aliphatic heterocycles. The number of piperidine rings is 1. The van der Waals surface area contributed by atoms with Gasteiger partial charge in [-0.3, -0.25) is 4.90 Å². The van der Waals surface area contributed by atoms with Gasteiger partial charge in [-0.1, -0.05) is 179 Å². The van der Waals surface area contributed by atoms with E-state index in [2.05, 4.69) is 183 Å². The summed E-state index contributed by atoms with van der Waals surface area (Å²) in [5, 5.41) is 13.8. The second-order valence-corrected chi connectivity index (χ2v) is 17.6. The highest BCUT2D eigenvalue weighted by molar-refractivity contribution is 6.99. The first-order valence-electron chi connectivity index (χ1n) is 16.4. The van der Waals surface area contributed by atoms with Gasteiger partial charge in [-0.15, -0.1) is 0 Å². The second-order valence-electron chi connectivity index (χ2n) is 13.3. The van der Waals surface area contributed by atoms with Crippen LogP contribution in [0.1, 0.15) is 43.9 Å². The van der Waals surface area contributed by atoms with E-state index in [0.29, 0.717) is 19.6 Å². The summed E-state index contributed by atoms with van der Waals surface area (Å²) in [7, 11) is -2.71. The minimum atomic E-state index is -2.71. The predicted molar refractivity (Wildman–Crippen MR) is 193 cm³/mol. The van der Waals surface area contributed by atoms with Crippen LogP contribution in [0.15, 0.2) is 163 Å². The van der Waals surface area contributed by atoms with Crippen molar-refractivity contribution >= 4 is 18.7 Å². The molecule has 3 nitrogen and oxygen atoms in total. The summed E-state index contributed by atoms with van der Waals surface area (Å²) in [6, 6.07) is 53.9. The lowest BCUT2D eigenvalue weighted by Crippen LogP contribution is -2.66. The Morgan fingerprint density at radius 1 is 0.652 bits per heavy atom. The molecule has 0 aliphatic carbocycles.